The van der Waals surface area contributed by atoms with Gasteiger partial charge in [-0.25, -0.2) is 0 Å². The average molecular weight is 574 g/mol. The molecule has 1 aliphatic rings. The molecule has 1 aliphatic carbocycles. The van der Waals surface area contributed by atoms with Crippen LogP contribution in [0.5, 0.6) is 5.75 Å². The summed E-state index contributed by atoms with van der Waals surface area (Å²) >= 11 is -0.826. The molecule has 0 radical (unpaired) electrons. The molecule has 1 fully saturated rings. The maximum atomic E-state index is 11.5. The van der Waals surface area contributed by atoms with Crippen molar-refractivity contribution in [2.75, 3.05) is 0 Å². The molecular weight excluding hydrogens is 540 g/mol. The van der Waals surface area contributed by atoms with Crippen molar-refractivity contribution in [1.29, 1.82) is 0 Å². The van der Waals surface area contributed by atoms with Crippen LogP contribution in [-0.2, 0) is 26.3 Å². The van der Waals surface area contributed by atoms with Crippen LogP contribution in [0.4, 0.5) is 0 Å². The normalized spacial score (nSPS) is 18.3. The van der Waals surface area contributed by atoms with Gasteiger partial charge in [0, 0.05) is 22.8 Å². The zero-order valence-corrected chi connectivity index (χ0v) is 24.1. The predicted octanol–water partition coefficient (Wildman–Crippen LogP) is 8.43. The summed E-state index contributed by atoms with van der Waals surface area (Å²) in [5, 5.41) is 11.5. The van der Waals surface area contributed by atoms with Crippen molar-refractivity contribution in [3.8, 4) is 5.75 Å². The molecule has 3 aromatic carbocycles. The molecule has 0 aromatic heterocycles. The number of hydrogen-bond donors (Lipinski definition) is 1. The van der Waals surface area contributed by atoms with E-state index in [1.54, 1.807) is 0 Å². The number of aliphatic imine (C=N–C) groups is 1. The van der Waals surface area contributed by atoms with Gasteiger partial charge in [-0.15, -0.1) is 0 Å². The molecule has 0 bridgehead atoms. The Morgan fingerprint density at radius 1 is 0.941 bits per heavy atom. The van der Waals surface area contributed by atoms with Crippen molar-refractivity contribution in [3.05, 3.63) is 101 Å². The van der Waals surface area contributed by atoms with E-state index in [4.69, 9.17) is 22.0 Å². The van der Waals surface area contributed by atoms with Crippen LogP contribution >= 0.6 is 17.0 Å². The number of nitrogens with zero attached hydrogens (tertiary/aromatic N) is 1. The van der Waals surface area contributed by atoms with Gasteiger partial charge >= 0.3 is 37.9 Å². The van der Waals surface area contributed by atoms with Crippen molar-refractivity contribution >= 4 is 23.2 Å². The fraction of sp³-hybridized carbons (Fsp3) is 0.345. The third-order valence-corrected chi connectivity index (χ3v) is 7.00. The first-order valence-electron chi connectivity index (χ1n) is 11.9. The SMILES string of the molecule is Cc1cc(C=NC2CCCCC2C)c(O)c(C(C)(c2ccccc2)c2ccccc2)c1.[Cl][Zr][Cl]. The molecule has 2 nitrogen and oxygen atoms in total. The van der Waals surface area contributed by atoms with Crippen LogP contribution in [0.15, 0.2) is 77.8 Å². The monoisotopic (exact) mass is 571 g/mol. The Kier molecular flexibility index (Phi) is 10.4. The van der Waals surface area contributed by atoms with Gasteiger partial charge in [0.25, 0.3) is 0 Å². The summed E-state index contributed by atoms with van der Waals surface area (Å²) < 4.78 is 0. The number of benzene rings is 3. The second-order valence-electron chi connectivity index (χ2n) is 9.29. The Balaban J connectivity index is 0.00000103. The molecular formula is C29H33Cl2NOZr. The average Bonchev–Trinajstić information content (AvgIpc) is 2.86. The Labute approximate surface area is 223 Å². The fourth-order valence-corrected chi connectivity index (χ4v) is 5.00. The van der Waals surface area contributed by atoms with Gasteiger partial charge < -0.3 is 5.11 Å². The summed E-state index contributed by atoms with van der Waals surface area (Å²) in [4.78, 5) is 4.92. The first kappa shape index (κ1) is 27.2. The van der Waals surface area contributed by atoms with Crippen molar-refractivity contribution < 1.29 is 26.0 Å². The van der Waals surface area contributed by atoms with Gasteiger partial charge in [-0.1, -0.05) is 86.5 Å². The van der Waals surface area contributed by atoms with Crippen molar-refractivity contribution in [1.82, 2.24) is 0 Å². The van der Waals surface area contributed by atoms with E-state index >= 15 is 0 Å². The quantitative estimate of drug-likeness (QED) is 0.241. The molecule has 1 saturated carbocycles. The van der Waals surface area contributed by atoms with Gasteiger partial charge in [-0.05, 0) is 55.4 Å². The van der Waals surface area contributed by atoms with Crippen LogP contribution in [0.1, 0.15) is 67.3 Å². The van der Waals surface area contributed by atoms with E-state index in [-0.39, 0.29) is 0 Å². The van der Waals surface area contributed by atoms with E-state index in [1.165, 1.54) is 19.3 Å². The molecule has 0 saturated heterocycles. The summed E-state index contributed by atoms with van der Waals surface area (Å²) in [7, 11) is 9.87. The molecule has 2 unspecified atom stereocenters. The van der Waals surface area contributed by atoms with Crippen LogP contribution < -0.4 is 0 Å². The van der Waals surface area contributed by atoms with Crippen molar-refractivity contribution in [2.24, 2.45) is 10.9 Å². The number of rotatable bonds is 5. The zero-order chi connectivity index (χ0) is 24.6. The van der Waals surface area contributed by atoms with Crippen LogP contribution in [0.25, 0.3) is 0 Å². The van der Waals surface area contributed by atoms with Gasteiger partial charge in [-0.3, -0.25) is 4.99 Å². The number of aryl methyl sites for hydroxylation is 1. The van der Waals surface area contributed by atoms with E-state index in [2.05, 4.69) is 75.4 Å². The fourth-order valence-electron chi connectivity index (χ4n) is 5.00. The van der Waals surface area contributed by atoms with Gasteiger partial charge in [0.15, 0.2) is 0 Å². The van der Waals surface area contributed by atoms with Crippen LogP contribution in [0.2, 0.25) is 0 Å². The van der Waals surface area contributed by atoms with E-state index in [1.807, 2.05) is 24.4 Å². The third kappa shape index (κ3) is 6.42. The zero-order valence-electron chi connectivity index (χ0n) is 20.1. The van der Waals surface area contributed by atoms with Crippen molar-refractivity contribution in [3.63, 3.8) is 0 Å². The molecule has 178 valence electrons. The second kappa shape index (κ2) is 13.1. The minimum absolute atomic E-state index is 0.327. The van der Waals surface area contributed by atoms with Gasteiger partial charge in [0.2, 0.25) is 0 Å². The number of aromatic hydroxyl groups is 1. The van der Waals surface area contributed by atoms with Crippen molar-refractivity contribution in [2.45, 2.75) is 57.9 Å². The third-order valence-electron chi connectivity index (χ3n) is 7.00. The van der Waals surface area contributed by atoms with Gasteiger partial charge in [-0.2, -0.15) is 0 Å². The van der Waals surface area contributed by atoms with Crippen LogP contribution in [0.3, 0.4) is 0 Å². The molecule has 0 aliphatic heterocycles. The number of phenolic OH excluding ortho intramolecular Hbond substituents is 1. The maximum absolute atomic E-state index is 11.5. The van der Waals surface area contributed by atoms with E-state index in [9.17, 15) is 5.11 Å². The Morgan fingerprint density at radius 3 is 2.00 bits per heavy atom. The number of phenols is 1. The first-order valence-corrected chi connectivity index (χ1v) is 18.2. The number of halogens is 2. The summed E-state index contributed by atoms with van der Waals surface area (Å²) in [6.07, 6.45) is 6.85. The standard InChI is InChI=1S/C29H33NO.2ClH.Zr/c1-21-18-23(20-30-27-17-11-10-12-22(27)2)28(31)26(19-21)29(3,24-13-6-4-7-14-24)25-15-8-5-9-16-25;;;/h4-9,13-16,18-20,22,27,31H,10-12,17H2,1-3H3;2*1H;/q;;;+2/p-2. The summed E-state index contributed by atoms with van der Waals surface area (Å²) in [6.45, 7) is 6.60. The molecule has 4 rings (SSSR count). The molecule has 3 aromatic rings. The summed E-state index contributed by atoms with van der Waals surface area (Å²) in [5.41, 5.74) is 4.70. The molecule has 2 atom stereocenters. The summed E-state index contributed by atoms with van der Waals surface area (Å²) in [6, 6.07) is 25.4. The first-order chi connectivity index (χ1) is 16.4. The van der Waals surface area contributed by atoms with Crippen LogP contribution in [-0.4, -0.2) is 17.4 Å². The Hall–Kier alpha value is -1.41. The van der Waals surface area contributed by atoms with Gasteiger partial charge in [0.1, 0.15) is 5.75 Å². The van der Waals surface area contributed by atoms with E-state index in [0.717, 1.165) is 34.2 Å². The Morgan fingerprint density at radius 2 is 1.47 bits per heavy atom. The molecule has 0 heterocycles. The Bertz CT molecular complexity index is 1030. The molecule has 5 heteroatoms. The molecule has 0 spiro atoms. The molecule has 34 heavy (non-hydrogen) atoms. The second-order valence-corrected chi connectivity index (χ2v) is 13.0. The van der Waals surface area contributed by atoms with E-state index < -0.39 is 26.3 Å². The minimum atomic E-state index is -0.826. The predicted molar refractivity (Wildman–Crippen MR) is 142 cm³/mol. The molecule has 0 amide bonds. The topological polar surface area (TPSA) is 32.6 Å². The molecule has 1 N–H and O–H groups in total. The summed E-state index contributed by atoms with van der Waals surface area (Å²) in [5.74, 6) is 0.934. The number of hydrogen-bond acceptors (Lipinski definition) is 2. The van der Waals surface area contributed by atoms with Gasteiger partial charge in [0.05, 0.1) is 6.04 Å². The van der Waals surface area contributed by atoms with Crippen LogP contribution in [0, 0.1) is 12.8 Å². The van der Waals surface area contributed by atoms with E-state index in [0.29, 0.717) is 17.7 Å².